The largest absolute Gasteiger partial charge is 0.399 e. The van der Waals surface area contributed by atoms with Gasteiger partial charge in [-0.05, 0) is 68.0 Å². The van der Waals surface area contributed by atoms with Crippen molar-refractivity contribution >= 4 is 11.4 Å². The SMILES string of the molecule is C=C(N)c1ccc(Cc2ccc(CN3CCCC3C3=CC(C)=N3)cc2)cc1.C=C/C=C\C. The van der Waals surface area contributed by atoms with Crippen LogP contribution in [0.25, 0.3) is 5.70 Å². The zero-order chi connectivity index (χ0) is 22.9. The van der Waals surface area contributed by atoms with E-state index in [2.05, 4.69) is 72.4 Å². The van der Waals surface area contributed by atoms with E-state index in [4.69, 9.17) is 5.73 Å². The first kappa shape index (κ1) is 23.5. The lowest BCUT2D eigenvalue weighted by Gasteiger charge is -2.27. The molecule has 0 aliphatic carbocycles. The fourth-order valence-corrected chi connectivity index (χ4v) is 4.14. The van der Waals surface area contributed by atoms with Crippen molar-refractivity contribution in [2.24, 2.45) is 10.7 Å². The molecule has 1 fully saturated rings. The molecular weight excluding hydrogens is 390 g/mol. The molecule has 0 spiro atoms. The molecule has 0 bridgehead atoms. The van der Waals surface area contributed by atoms with Gasteiger partial charge in [0.05, 0.1) is 11.7 Å². The Kier molecular flexibility index (Phi) is 8.41. The Morgan fingerprint density at radius 2 is 1.69 bits per heavy atom. The molecule has 1 unspecified atom stereocenters. The van der Waals surface area contributed by atoms with Crippen LogP contribution >= 0.6 is 0 Å². The molecule has 0 aromatic heterocycles. The predicted octanol–water partition coefficient (Wildman–Crippen LogP) is 6.28. The van der Waals surface area contributed by atoms with Gasteiger partial charge in [0.1, 0.15) is 0 Å². The number of benzene rings is 2. The van der Waals surface area contributed by atoms with Crippen LogP contribution in [0.15, 0.2) is 96.7 Å². The van der Waals surface area contributed by atoms with E-state index in [0.29, 0.717) is 11.7 Å². The number of rotatable bonds is 7. The topological polar surface area (TPSA) is 41.6 Å². The minimum Gasteiger partial charge on any atom is -0.399 e. The van der Waals surface area contributed by atoms with Gasteiger partial charge < -0.3 is 5.73 Å². The summed E-state index contributed by atoms with van der Waals surface area (Å²) in [6.45, 7) is 13.4. The van der Waals surface area contributed by atoms with Crippen LogP contribution in [0.4, 0.5) is 0 Å². The maximum atomic E-state index is 5.74. The highest BCUT2D eigenvalue weighted by Gasteiger charge is 2.29. The molecule has 166 valence electrons. The van der Waals surface area contributed by atoms with E-state index in [1.165, 1.54) is 35.2 Å². The van der Waals surface area contributed by atoms with Gasteiger partial charge in [-0.1, -0.05) is 79.9 Å². The van der Waals surface area contributed by atoms with Gasteiger partial charge in [-0.3, -0.25) is 9.89 Å². The second-order valence-electron chi connectivity index (χ2n) is 8.43. The zero-order valence-electron chi connectivity index (χ0n) is 19.4. The zero-order valence-corrected chi connectivity index (χ0v) is 19.4. The molecule has 2 heterocycles. The lowest BCUT2D eigenvalue weighted by Crippen LogP contribution is -2.32. The number of nitrogens with zero attached hydrogens (tertiary/aromatic N) is 2. The summed E-state index contributed by atoms with van der Waals surface area (Å²) in [5.41, 5.74) is 13.8. The molecule has 1 atom stereocenters. The lowest BCUT2D eigenvalue weighted by atomic mass is 10.0. The van der Waals surface area contributed by atoms with Crippen molar-refractivity contribution in [2.45, 2.75) is 45.7 Å². The van der Waals surface area contributed by atoms with E-state index in [9.17, 15) is 0 Å². The van der Waals surface area contributed by atoms with Crippen molar-refractivity contribution in [3.05, 3.63) is 114 Å². The third-order valence-corrected chi connectivity index (χ3v) is 5.84. The van der Waals surface area contributed by atoms with E-state index in [1.807, 2.05) is 31.2 Å². The molecule has 32 heavy (non-hydrogen) atoms. The van der Waals surface area contributed by atoms with Crippen LogP contribution in [0.5, 0.6) is 0 Å². The van der Waals surface area contributed by atoms with Crippen molar-refractivity contribution in [2.75, 3.05) is 6.54 Å². The molecule has 1 saturated heterocycles. The van der Waals surface area contributed by atoms with Gasteiger partial charge in [-0.25, -0.2) is 0 Å². The molecule has 4 rings (SSSR count). The van der Waals surface area contributed by atoms with Gasteiger partial charge >= 0.3 is 0 Å². The smallest absolute Gasteiger partial charge is 0.0596 e. The molecule has 0 saturated carbocycles. The average molecular weight is 426 g/mol. The summed E-state index contributed by atoms with van der Waals surface area (Å²) in [4.78, 5) is 7.16. The van der Waals surface area contributed by atoms with E-state index in [-0.39, 0.29) is 0 Å². The standard InChI is InChI=1S/C24H27N3.C5H8/c1-17-14-23(26-17)24-4-3-13-27(24)16-21-7-5-19(6-8-21)15-20-9-11-22(12-10-20)18(2)25;1-3-5-4-2/h5-12,14,24H,2-4,13,15-16,25H2,1H3;3-5H,1H2,2H3/b;5-4-. The van der Waals surface area contributed by atoms with Gasteiger partial charge in [0.2, 0.25) is 0 Å². The van der Waals surface area contributed by atoms with Crippen LogP contribution in [-0.2, 0) is 13.0 Å². The minimum absolute atomic E-state index is 0.504. The quantitative estimate of drug-likeness (QED) is 0.531. The Labute approximate surface area is 193 Å². The number of hydrogen-bond acceptors (Lipinski definition) is 3. The molecule has 3 nitrogen and oxygen atoms in total. The number of aliphatic imine (C=N–C) groups is 1. The highest BCUT2D eigenvalue weighted by Crippen LogP contribution is 2.29. The van der Waals surface area contributed by atoms with Gasteiger partial charge in [-0.2, -0.15) is 0 Å². The monoisotopic (exact) mass is 425 g/mol. The Morgan fingerprint density at radius 1 is 1.09 bits per heavy atom. The Morgan fingerprint density at radius 3 is 2.19 bits per heavy atom. The van der Waals surface area contributed by atoms with Gasteiger partial charge in [-0.15, -0.1) is 0 Å². The number of likely N-dealkylation sites (tertiary alicyclic amines) is 1. The number of hydrogen-bond donors (Lipinski definition) is 1. The maximum Gasteiger partial charge on any atom is 0.0596 e. The second-order valence-corrected chi connectivity index (χ2v) is 8.43. The molecule has 2 aromatic rings. The van der Waals surface area contributed by atoms with Crippen LogP contribution in [-0.4, -0.2) is 23.2 Å². The minimum atomic E-state index is 0.504. The first-order valence-corrected chi connectivity index (χ1v) is 11.4. The molecule has 2 aliphatic heterocycles. The van der Waals surface area contributed by atoms with Crippen LogP contribution in [0.2, 0.25) is 0 Å². The molecule has 2 N–H and O–H groups in total. The van der Waals surface area contributed by atoms with Crippen LogP contribution in [0.3, 0.4) is 0 Å². The third kappa shape index (κ3) is 6.41. The second kappa shape index (κ2) is 11.4. The summed E-state index contributed by atoms with van der Waals surface area (Å²) < 4.78 is 0. The summed E-state index contributed by atoms with van der Waals surface area (Å²) in [5, 5.41) is 0. The highest BCUT2D eigenvalue weighted by atomic mass is 15.2. The van der Waals surface area contributed by atoms with E-state index < -0.39 is 0 Å². The fraction of sp³-hybridized carbons (Fsp3) is 0.276. The van der Waals surface area contributed by atoms with Crippen LogP contribution in [0.1, 0.15) is 48.9 Å². The highest BCUT2D eigenvalue weighted by molar-refractivity contribution is 5.99. The Bertz CT molecular complexity index is 1010. The molecule has 0 amide bonds. The van der Waals surface area contributed by atoms with E-state index in [0.717, 1.165) is 30.8 Å². The molecule has 2 aromatic carbocycles. The first-order valence-electron chi connectivity index (χ1n) is 11.4. The van der Waals surface area contributed by atoms with Gasteiger partial charge in [0.15, 0.2) is 0 Å². The van der Waals surface area contributed by atoms with Gasteiger partial charge in [0, 0.05) is 18.0 Å². The van der Waals surface area contributed by atoms with Crippen molar-refractivity contribution < 1.29 is 0 Å². The summed E-state index contributed by atoms with van der Waals surface area (Å²) in [7, 11) is 0. The van der Waals surface area contributed by atoms with Crippen LogP contribution < -0.4 is 5.73 Å². The van der Waals surface area contributed by atoms with E-state index >= 15 is 0 Å². The number of nitrogens with two attached hydrogens (primary N) is 1. The normalized spacial score (nSPS) is 17.8. The van der Waals surface area contributed by atoms with Gasteiger partial charge in [0.25, 0.3) is 0 Å². The predicted molar refractivity (Wildman–Crippen MR) is 139 cm³/mol. The first-order chi connectivity index (χ1) is 15.5. The van der Waals surface area contributed by atoms with Crippen molar-refractivity contribution in [3.63, 3.8) is 0 Å². The van der Waals surface area contributed by atoms with Crippen molar-refractivity contribution in [3.8, 4) is 0 Å². The lowest BCUT2D eigenvalue weighted by molar-refractivity contribution is 0.270. The molecule has 3 heteroatoms. The summed E-state index contributed by atoms with van der Waals surface area (Å²) >= 11 is 0. The Balaban J connectivity index is 0.000000523. The molecule has 0 radical (unpaired) electrons. The van der Waals surface area contributed by atoms with Crippen LogP contribution in [0, 0.1) is 0 Å². The van der Waals surface area contributed by atoms with Crippen molar-refractivity contribution in [1.82, 2.24) is 4.90 Å². The van der Waals surface area contributed by atoms with Crippen molar-refractivity contribution in [1.29, 1.82) is 0 Å². The molecular formula is C29H35N3. The number of allylic oxidation sites excluding steroid dienone is 4. The van der Waals surface area contributed by atoms with E-state index in [1.54, 1.807) is 6.08 Å². The maximum absolute atomic E-state index is 5.74. The Hall–Kier alpha value is -3.17. The summed E-state index contributed by atoms with van der Waals surface area (Å²) in [6.07, 6.45) is 11.2. The summed E-state index contributed by atoms with van der Waals surface area (Å²) in [5.74, 6) is 0. The summed E-state index contributed by atoms with van der Waals surface area (Å²) in [6, 6.07) is 17.9. The average Bonchev–Trinajstić information content (AvgIpc) is 3.22. The fourth-order valence-electron chi connectivity index (χ4n) is 4.14. The third-order valence-electron chi connectivity index (χ3n) is 5.84. The molecule has 2 aliphatic rings.